The summed E-state index contributed by atoms with van der Waals surface area (Å²) in [7, 11) is 1.30. The van der Waals surface area contributed by atoms with Gasteiger partial charge >= 0.3 is 5.97 Å². The van der Waals surface area contributed by atoms with Gasteiger partial charge in [0, 0.05) is 16.8 Å². The van der Waals surface area contributed by atoms with Gasteiger partial charge in [0.1, 0.15) is 5.75 Å². The van der Waals surface area contributed by atoms with Crippen LogP contribution >= 0.6 is 22.9 Å². The summed E-state index contributed by atoms with van der Waals surface area (Å²) in [5, 5.41) is 0.517. The van der Waals surface area contributed by atoms with Gasteiger partial charge in [-0.25, -0.2) is 9.79 Å². The molecule has 0 aliphatic carbocycles. The molecule has 0 saturated heterocycles. The van der Waals surface area contributed by atoms with E-state index in [9.17, 15) is 9.59 Å². The number of thiazole rings is 1. The lowest BCUT2D eigenvalue weighted by Gasteiger charge is -2.23. The maximum atomic E-state index is 13.8. The Morgan fingerprint density at radius 2 is 1.82 bits per heavy atom. The average molecular weight is 557 g/mol. The third-order valence-electron chi connectivity index (χ3n) is 5.63. The summed E-state index contributed by atoms with van der Waals surface area (Å²) < 4.78 is 24.4. The summed E-state index contributed by atoms with van der Waals surface area (Å²) in [5.41, 5.74) is 1.24. The molecule has 200 valence electrons. The lowest BCUT2D eigenvalue weighted by atomic mass is 9.97. The Balaban J connectivity index is 1.91. The Labute approximate surface area is 229 Å². The first-order valence-corrected chi connectivity index (χ1v) is 13.4. The number of benzene rings is 2. The van der Waals surface area contributed by atoms with Crippen LogP contribution in [-0.2, 0) is 9.53 Å². The van der Waals surface area contributed by atoms with E-state index in [-0.39, 0.29) is 17.2 Å². The van der Waals surface area contributed by atoms with Crippen LogP contribution in [0.15, 0.2) is 58.0 Å². The maximum Gasteiger partial charge on any atom is 0.337 e. The van der Waals surface area contributed by atoms with Crippen LogP contribution in [0.3, 0.4) is 0 Å². The Morgan fingerprint density at radius 3 is 2.50 bits per heavy atom. The Morgan fingerprint density at radius 1 is 1.11 bits per heavy atom. The number of esters is 1. The smallest absolute Gasteiger partial charge is 0.337 e. The van der Waals surface area contributed by atoms with Crippen molar-refractivity contribution < 1.29 is 23.7 Å². The Kier molecular flexibility index (Phi) is 8.58. The summed E-state index contributed by atoms with van der Waals surface area (Å²) >= 11 is 7.47. The summed E-state index contributed by atoms with van der Waals surface area (Å²) in [4.78, 5) is 31.5. The second kappa shape index (κ2) is 11.9. The number of hydrogen-bond donors (Lipinski definition) is 0. The lowest BCUT2D eigenvalue weighted by molar-refractivity contribution is -0.136. The van der Waals surface area contributed by atoms with Crippen molar-refractivity contribution in [3.63, 3.8) is 0 Å². The molecular formula is C28H29ClN2O6S. The van der Waals surface area contributed by atoms with Crippen LogP contribution in [0.2, 0.25) is 5.02 Å². The van der Waals surface area contributed by atoms with Crippen LogP contribution in [0.4, 0.5) is 0 Å². The monoisotopic (exact) mass is 556 g/mol. The van der Waals surface area contributed by atoms with Gasteiger partial charge in [0.25, 0.3) is 5.56 Å². The Hall–Kier alpha value is -3.56. The molecule has 2 aromatic carbocycles. The van der Waals surface area contributed by atoms with Crippen LogP contribution in [-0.4, -0.2) is 37.0 Å². The molecule has 10 heteroatoms. The first-order chi connectivity index (χ1) is 18.3. The molecule has 0 bridgehead atoms. The molecule has 1 aromatic heterocycles. The van der Waals surface area contributed by atoms with Gasteiger partial charge in [-0.3, -0.25) is 9.36 Å². The van der Waals surface area contributed by atoms with E-state index in [1.807, 2.05) is 33.8 Å². The quantitative estimate of drug-likeness (QED) is 0.366. The van der Waals surface area contributed by atoms with Crippen molar-refractivity contribution >= 4 is 35.0 Å². The molecular weight excluding hydrogens is 528 g/mol. The summed E-state index contributed by atoms with van der Waals surface area (Å²) in [6.45, 7) is 8.50. The van der Waals surface area contributed by atoms with Gasteiger partial charge in [0.2, 0.25) is 0 Å². The fourth-order valence-electron chi connectivity index (χ4n) is 4.12. The van der Waals surface area contributed by atoms with Crippen LogP contribution in [0.5, 0.6) is 17.2 Å². The number of ether oxygens (including phenoxy) is 4. The topological polar surface area (TPSA) is 88.4 Å². The van der Waals surface area contributed by atoms with Gasteiger partial charge in [0.15, 0.2) is 16.3 Å². The molecule has 1 atom stereocenters. The van der Waals surface area contributed by atoms with Crippen LogP contribution in [0.1, 0.15) is 44.9 Å². The second-order valence-electron chi connectivity index (χ2n) is 8.60. The molecule has 8 nitrogen and oxygen atoms in total. The van der Waals surface area contributed by atoms with Gasteiger partial charge in [-0.2, -0.15) is 0 Å². The SMILES string of the molecule is CCOc1ccc([C@H]2C(C(=O)OC)=CN=c3s/c(=C/c4cc(Cl)ccc4OC(C)C)c(=O)n32)cc1OCC. The number of fused-ring (bicyclic) bond motifs is 1. The van der Waals surface area contributed by atoms with Crippen molar-refractivity contribution in [2.45, 2.75) is 39.8 Å². The van der Waals surface area contributed by atoms with E-state index in [4.69, 9.17) is 30.5 Å². The molecule has 4 rings (SSSR count). The highest BCUT2D eigenvalue weighted by molar-refractivity contribution is 7.07. The zero-order chi connectivity index (χ0) is 27.4. The van der Waals surface area contributed by atoms with Gasteiger partial charge in [-0.1, -0.05) is 29.0 Å². The minimum Gasteiger partial charge on any atom is -0.490 e. The zero-order valence-corrected chi connectivity index (χ0v) is 23.4. The molecule has 1 aliphatic rings. The highest BCUT2D eigenvalue weighted by Crippen LogP contribution is 2.35. The van der Waals surface area contributed by atoms with E-state index in [0.717, 1.165) is 0 Å². The number of halogens is 1. The molecule has 0 spiro atoms. The molecule has 0 N–H and O–H groups in total. The fourth-order valence-corrected chi connectivity index (χ4v) is 5.26. The predicted octanol–water partition coefficient (Wildman–Crippen LogP) is 4.26. The highest BCUT2D eigenvalue weighted by Gasteiger charge is 2.31. The van der Waals surface area contributed by atoms with E-state index in [0.29, 0.717) is 55.9 Å². The van der Waals surface area contributed by atoms with E-state index >= 15 is 0 Å². The van der Waals surface area contributed by atoms with Gasteiger partial charge in [-0.15, -0.1) is 0 Å². The summed E-state index contributed by atoms with van der Waals surface area (Å²) in [6.07, 6.45) is 3.12. The van der Waals surface area contributed by atoms with E-state index in [1.165, 1.54) is 29.2 Å². The minimum atomic E-state index is -0.776. The van der Waals surface area contributed by atoms with E-state index in [2.05, 4.69) is 4.99 Å². The second-order valence-corrected chi connectivity index (χ2v) is 10.0. The number of hydrogen-bond acceptors (Lipinski definition) is 8. The summed E-state index contributed by atoms with van der Waals surface area (Å²) in [5.74, 6) is 1.12. The Bertz CT molecular complexity index is 1560. The molecule has 0 unspecified atom stereocenters. The molecule has 38 heavy (non-hydrogen) atoms. The third kappa shape index (κ3) is 5.63. The number of nitrogens with zero attached hydrogens (tertiary/aromatic N) is 2. The average Bonchev–Trinajstić information content (AvgIpc) is 3.20. The number of carbonyl (C=O) groups excluding carboxylic acids is 1. The van der Waals surface area contributed by atoms with Crippen molar-refractivity contribution in [2.75, 3.05) is 20.3 Å². The van der Waals surface area contributed by atoms with E-state index in [1.54, 1.807) is 36.4 Å². The summed E-state index contributed by atoms with van der Waals surface area (Å²) in [6, 6.07) is 9.85. The molecule has 0 saturated carbocycles. The third-order valence-corrected chi connectivity index (χ3v) is 6.86. The number of carbonyl (C=O) groups is 1. The highest BCUT2D eigenvalue weighted by atomic mass is 35.5. The van der Waals surface area contributed by atoms with Crippen molar-refractivity contribution in [1.82, 2.24) is 4.57 Å². The minimum absolute atomic E-state index is 0.0636. The maximum absolute atomic E-state index is 13.8. The molecule has 3 aromatic rings. The van der Waals surface area contributed by atoms with Crippen LogP contribution in [0, 0.1) is 0 Å². The molecule has 2 heterocycles. The van der Waals surface area contributed by atoms with Gasteiger partial charge < -0.3 is 18.9 Å². The molecule has 1 aliphatic heterocycles. The molecule has 0 amide bonds. The van der Waals surface area contributed by atoms with Crippen molar-refractivity contribution in [2.24, 2.45) is 4.99 Å². The van der Waals surface area contributed by atoms with Crippen LogP contribution < -0.4 is 29.1 Å². The van der Waals surface area contributed by atoms with Gasteiger partial charge in [0.05, 0.1) is 42.6 Å². The largest absolute Gasteiger partial charge is 0.490 e. The molecule has 0 radical (unpaired) electrons. The lowest BCUT2D eigenvalue weighted by Crippen LogP contribution is -2.39. The zero-order valence-electron chi connectivity index (χ0n) is 21.8. The predicted molar refractivity (Wildman–Crippen MR) is 147 cm³/mol. The van der Waals surface area contributed by atoms with Crippen molar-refractivity contribution in [3.05, 3.63) is 84.0 Å². The van der Waals surface area contributed by atoms with Crippen molar-refractivity contribution in [3.8, 4) is 17.2 Å². The number of aromatic nitrogens is 1. The molecule has 0 fully saturated rings. The van der Waals surface area contributed by atoms with Crippen molar-refractivity contribution in [1.29, 1.82) is 0 Å². The first kappa shape index (κ1) is 27.5. The fraction of sp³-hybridized carbons (Fsp3) is 0.321. The normalized spacial score (nSPS) is 15.0. The van der Waals surface area contributed by atoms with E-state index < -0.39 is 12.0 Å². The van der Waals surface area contributed by atoms with Crippen LogP contribution in [0.25, 0.3) is 6.08 Å². The van der Waals surface area contributed by atoms with Gasteiger partial charge in [-0.05, 0) is 69.7 Å². The standard InChI is InChI=1S/C28H29ClN2O6S/c1-6-35-22-10-8-17(13-23(22)36-7-2)25-20(27(33)34-5)15-30-28-31(25)26(32)24(38-28)14-18-12-19(29)9-11-21(18)37-16(3)4/h8-16,25H,6-7H2,1-5H3/b24-14+/t25-/m0/s1. The first-order valence-electron chi connectivity index (χ1n) is 12.2. The number of methoxy groups -OCH3 is 1. The number of rotatable bonds is 9.